The van der Waals surface area contributed by atoms with Gasteiger partial charge < -0.3 is 15.0 Å². The second kappa shape index (κ2) is 7.09. The van der Waals surface area contributed by atoms with Crippen molar-refractivity contribution < 1.29 is 14.3 Å². The van der Waals surface area contributed by atoms with Gasteiger partial charge in [-0.15, -0.1) is 0 Å². The van der Waals surface area contributed by atoms with E-state index in [-0.39, 0.29) is 12.5 Å². The minimum atomic E-state index is -0.579. The summed E-state index contributed by atoms with van der Waals surface area (Å²) < 4.78 is 5.13. The van der Waals surface area contributed by atoms with Gasteiger partial charge in [-0.2, -0.15) is 0 Å². The van der Waals surface area contributed by atoms with Gasteiger partial charge >= 0.3 is 6.09 Å². The van der Waals surface area contributed by atoms with Gasteiger partial charge in [0.05, 0.1) is 0 Å². The third-order valence-corrected chi connectivity index (χ3v) is 2.70. The molecule has 2 aromatic rings. The quantitative estimate of drug-likeness (QED) is 0.939. The highest BCUT2D eigenvalue weighted by molar-refractivity contribution is 5.93. The average molecular weight is 284 g/mol. The van der Waals surface area contributed by atoms with Gasteiger partial charge in [-0.25, -0.2) is 4.79 Å². The maximum atomic E-state index is 11.8. The van der Waals surface area contributed by atoms with Crippen LogP contribution in [0.5, 0.6) is 5.75 Å². The Morgan fingerprint density at radius 1 is 1.00 bits per heavy atom. The van der Waals surface area contributed by atoms with E-state index in [9.17, 15) is 9.59 Å². The van der Waals surface area contributed by atoms with Crippen molar-refractivity contribution in [3.05, 3.63) is 60.7 Å². The summed E-state index contributed by atoms with van der Waals surface area (Å²) in [5.41, 5.74) is 0.687. The summed E-state index contributed by atoms with van der Waals surface area (Å²) >= 11 is 0. The second-order valence-corrected chi connectivity index (χ2v) is 4.45. The van der Waals surface area contributed by atoms with E-state index >= 15 is 0 Å². The van der Waals surface area contributed by atoms with Gasteiger partial charge in [0.25, 0.3) is 0 Å². The molecule has 0 spiro atoms. The molecule has 2 rings (SSSR count). The molecule has 0 unspecified atom stereocenters. The Kier molecular flexibility index (Phi) is 4.93. The minimum Gasteiger partial charge on any atom is -0.410 e. The standard InChI is InChI=1S/C16H16N2O3/c1-18(16(20)21-14-10-6-3-7-11-14)12-15(19)17-13-8-4-2-5-9-13/h2-11H,12H2,1H3,(H,17,19). The lowest BCUT2D eigenvalue weighted by molar-refractivity contribution is -0.116. The van der Waals surface area contributed by atoms with Crippen molar-refractivity contribution in [1.29, 1.82) is 0 Å². The predicted octanol–water partition coefficient (Wildman–Crippen LogP) is 2.76. The largest absolute Gasteiger partial charge is 0.415 e. The zero-order chi connectivity index (χ0) is 15.1. The fourth-order valence-corrected chi connectivity index (χ4v) is 1.67. The highest BCUT2D eigenvalue weighted by Crippen LogP contribution is 2.10. The molecular formula is C16H16N2O3. The zero-order valence-electron chi connectivity index (χ0n) is 11.7. The Morgan fingerprint density at radius 3 is 2.19 bits per heavy atom. The Hall–Kier alpha value is -2.82. The third kappa shape index (κ3) is 4.65. The number of amides is 2. The number of carbonyl (C=O) groups excluding carboxylic acids is 2. The first kappa shape index (κ1) is 14.6. The van der Waals surface area contributed by atoms with Gasteiger partial charge in [-0.1, -0.05) is 36.4 Å². The van der Waals surface area contributed by atoms with Crippen LogP contribution in [0.4, 0.5) is 10.5 Å². The van der Waals surface area contributed by atoms with E-state index in [1.165, 1.54) is 11.9 Å². The number of nitrogens with one attached hydrogen (secondary N) is 1. The first-order chi connectivity index (χ1) is 10.1. The number of benzene rings is 2. The molecule has 5 nitrogen and oxygen atoms in total. The van der Waals surface area contributed by atoms with Crippen molar-refractivity contribution in [2.75, 3.05) is 18.9 Å². The van der Waals surface area contributed by atoms with E-state index in [2.05, 4.69) is 5.32 Å². The van der Waals surface area contributed by atoms with Crippen LogP contribution in [-0.4, -0.2) is 30.5 Å². The maximum absolute atomic E-state index is 11.8. The SMILES string of the molecule is CN(CC(=O)Nc1ccccc1)C(=O)Oc1ccccc1. The summed E-state index contributed by atoms with van der Waals surface area (Å²) in [5.74, 6) is 0.159. The van der Waals surface area contributed by atoms with Crippen LogP contribution in [0.2, 0.25) is 0 Å². The monoisotopic (exact) mass is 284 g/mol. The molecule has 0 radical (unpaired) electrons. The highest BCUT2D eigenvalue weighted by Gasteiger charge is 2.14. The number of hydrogen-bond acceptors (Lipinski definition) is 3. The summed E-state index contributed by atoms with van der Waals surface area (Å²) in [4.78, 5) is 24.9. The molecule has 0 heterocycles. The first-order valence-electron chi connectivity index (χ1n) is 6.48. The molecule has 0 aromatic heterocycles. The molecule has 0 aliphatic heterocycles. The number of rotatable bonds is 4. The third-order valence-electron chi connectivity index (χ3n) is 2.70. The molecule has 0 saturated carbocycles. The van der Waals surface area contributed by atoms with E-state index < -0.39 is 6.09 Å². The molecule has 0 fully saturated rings. The van der Waals surface area contributed by atoms with Gasteiger partial charge in [0.15, 0.2) is 0 Å². The van der Waals surface area contributed by atoms with Gasteiger partial charge in [0.2, 0.25) is 5.91 Å². The first-order valence-corrected chi connectivity index (χ1v) is 6.48. The van der Waals surface area contributed by atoms with Crippen molar-refractivity contribution in [2.45, 2.75) is 0 Å². The second-order valence-electron chi connectivity index (χ2n) is 4.45. The number of anilines is 1. The van der Waals surface area contributed by atoms with E-state index in [0.717, 1.165) is 0 Å². The van der Waals surface area contributed by atoms with E-state index in [1.54, 1.807) is 36.4 Å². The molecule has 0 atom stereocenters. The Morgan fingerprint density at radius 2 is 1.57 bits per heavy atom. The molecule has 5 heteroatoms. The Bertz CT molecular complexity index is 599. The maximum Gasteiger partial charge on any atom is 0.415 e. The molecule has 0 aliphatic carbocycles. The number of ether oxygens (including phenoxy) is 1. The Balaban J connectivity index is 1.84. The fourth-order valence-electron chi connectivity index (χ4n) is 1.67. The number of likely N-dealkylation sites (N-methyl/N-ethyl adjacent to an activating group) is 1. The smallest absolute Gasteiger partial charge is 0.410 e. The molecular weight excluding hydrogens is 268 g/mol. The zero-order valence-corrected chi connectivity index (χ0v) is 11.7. The van der Waals surface area contributed by atoms with Crippen LogP contribution >= 0.6 is 0 Å². The molecule has 2 amide bonds. The highest BCUT2D eigenvalue weighted by atomic mass is 16.6. The molecule has 0 aliphatic rings. The predicted molar refractivity (Wildman–Crippen MR) is 80.2 cm³/mol. The number of carbonyl (C=O) groups is 2. The summed E-state index contributed by atoms with van der Waals surface area (Å²) in [6.45, 7) is -0.0828. The van der Waals surface area contributed by atoms with Crippen LogP contribution in [0.25, 0.3) is 0 Å². The van der Waals surface area contributed by atoms with Gasteiger partial charge in [0.1, 0.15) is 12.3 Å². The van der Waals surface area contributed by atoms with Crippen molar-refractivity contribution in [3.63, 3.8) is 0 Å². The molecule has 21 heavy (non-hydrogen) atoms. The number of hydrogen-bond donors (Lipinski definition) is 1. The van der Waals surface area contributed by atoms with Crippen LogP contribution < -0.4 is 10.1 Å². The fraction of sp³-hybridized carbons (Fsp3) is 0.125. The van der Waals surface area contributed by atoms with Crippen molar-refractivity contribution in [2.24, 2.45) is 0 Å². The summed E-state index contributed by atoms with van der Waals surface area (Å²) in [6.07, 6.45) is -0.579. The molecule has 2 aromatic carbocycles. The summed E-state index contributed by atoms with van der Waals surface area (Å²) in [6, 6.07) is 17.8. The van der Waals surface area contributed by atoms with Gasteiger partial charge in [0, 0.05) is 12.7 Å². The Labute approximate surface area is 123 Å². The van der Waals surface area contributed by atoms with Gasteiger partial charge in [-0.05, 0) is 24.3 Å². The van der Waals surface area contributed by atoms with Crippen molar-refractivity contribution in [3.8, 4) is 5.75 Å². The molecule has 1 N–H and O–H groups in total. The van der Waals surface area contributed by atoms with Crippen LogP contribution in [0.3, 0.4) is 0 Å². The van der Waals surface area contributed by atoms with Crippen LogP contribution in [0, 0.1) is 0 Å². The topological polar surface area (TPSA) is 58.6 Å². The molecule has 0 saturated heterocycles. The summed E-state index contributed by atoms with van der Waals surface area (Å²) in [7, 11) is 1.51. The number of nitrogens with zero attached hydrogens (tertiary/aromatic N) is 1. The van der Waals surface area contributed by atoms with E-state index in [4.69, 9.17) is 4.74 Å². The van der Waals surface area contributed by atoms with E-state index in [0.29, 0.717) is 11.4 Å². The van der Waals surface area contributed by atoms with Crippen molar-refractivity contribution in [1.82, 2.24) is 4.90 Å². The molecule has 108 valence electrons. The molecule has 0 bridgehead atoms. The van der Waals surface area contributed by atoms with Gasteiger partial charge in [-0.3, -0.25) is 4.79 Å². The normalized spacial score (nSPS) is 9.76. The summed E-state index contributed by atoms with van der Waals surface area (Å²) in [5, 5.41) is 2.70. The lowest BCUT2D eigenvalue weighted by Gasteiger charge is -2.16. The van der Waals surface area contributed by atoms with E-state index in [1.807, 2.05) is 24.3 Å². The number of para-hydroxylation sites is 2. The lowest BCUT2D eigenvalue weighted by atomic mass is 10.3. The van der Waals surface area contributed by atoms with Crippen LogP contribution in [-0.2, 0) is 4.79 Å². The van der Waals surface area contributed by atoms with Crippen LogP contribution in [0.1, 0.15) is 0 Å². The van der Waals surface area contributed by atoms with Crippen molar-refractivity contribution >= 4 is 17.7 Å². The minimum absolute atomic E-state index is 0.0828. The van der Waals surface area contributed by atoms with Crippen LogP contribution in [0.15, 0.2) is 60.7 Å². The average Bonchev–Trinajstić information content (AvgIpc) is 2.49. The lowest BCUT2D eigenvalue weighted by Crippen LogP contribution is -2.36.